The molecule has 0 heteroatoms. The first-order chi connectivity index (χ1) is 5.80. The summed E-state index contributed by atoms with van der Waals surface area (Å²) in [6.07, 6.45) is 0. The van der Waals surface area contributed by atoms with Gasteiger partial charge in [0, 0.05) is 5.56 Å². The second-order valence-corrected chi connectivity index (χ2v) is 1.91. The minimum atomic E-state index is 1.19. The van der Waals surface area contributed by atoms with Crippen molar-refractivity contribution in [3.05, 3.63) is 35.4 Å². The molecule has 0 saturated heterocycles. The van der Waals surface area contributed by atoms with Gasteiger partial charge in [-0.2, -0.15) is 0 Å². The molecule has 12 heavy (non-hydrogen) atoms. The van der Waals surface area contributed by atoms with Gasteiger partial charge in [0.2, 0.25) is 0 Å². The summed E-state index contributed by atoms with van der Waals surface area (Å²) in [6.45, 7) is 12.1. The predicted molar refractivity (Wildman–Crippen MR) is 56.3 cm³/mol. The average Bonchev–Trinajstić information content (AvgIpc) is 2.17. The second kappa shape index (κ2) is 10.0. The Balaban J connectivity index is 0. The van der Waals surface area contributed by atoms with E-state index in [4.69, 9.17) is 0 Å². The fraction of sp³-hybridized carbons (Fsp3) is 0.500. The Morgan fingerprint density at radius 3 is 1.75 bits per heavy atom. The predicted octanol–water partition coefficient (Wildman–Crippen LogP) is 3.96. The summed E-state index contributed by atoms with van der Waals surface area (Å²) in [5, 5.41) is 0. The fourth-order valence-corrected chi connectivity index (χ4v) is 0.540. The molecular formula is C12H20. The van der Waals surface area contributed by atoms with Crippen LogP contribution in [-0.4, -0.2) is 0 Å². The molecule has 1 rings (SSSR count). The number of hydrogen-bond acceptors (Lipinski definition) is 0. The van der Waals surface area contributed by atoms with Crippen LogP contribution in [0.15, 0.2) is 12.1 Å². The van der Waals surface area contributed by atoms with Gasteiger partial charge in [-0.1, -0.05) is 45.9 Å². The van der Waals surface area contributed by atoms with Gasteiger partial charge in [-0.3, -0.25) is 0 Å². The molecule has 0 radical (unpaired) electrons. The Bertz CT molecular complexity index is 156. The summed E-state index contributed by atoms with van der Waals surface area (Å²) >= 11 is 0. The Morgan fingerprint density at radius 2 is 1.50 bits per heavy atom. The standard InChI is InChI=1S/C8H8.2C2H6/c1-7-5-3-4-6-8(7)2;2*1-2/h3,5H,1-2H3;2*1-2H3. The van der Waals surface area contributed by atoms with Gasteiger partial charge >= 0.3 is 0 Å². The van der Waals surface area contributed by atoms with Crippen LogP contribution < -0.4 is 0 Å². The molecule has 0 saturated carbocycles. The minimum absolute atomic E-state index is 1.19. The summed E-state index contributed by atoms with van der Waals surface area (Å²) in [7, 11) is 0. The molecule has 0 unspecified atom stereocenters. The first kappa shape index (κ1) is 13.6. The second-order valence-electron chi connectivity index (χ2n) is 1.91. The largest absolute Gasteiger partial charge is 0.0699 e. The van der Waals surface area contributed by atoms with Gasteiger partial charge in [-0.25, -0.2) is 0 Å². The van der Waals surface area contributed by atoms with Gasteiger partial charge in [-0.05, 0) is 25.5 Å². The molecule has 0 aliphatic heterocycles. The van der Waals surface area contributed by atoms with Gasteiger partial charge in [0.05, 0.1) is 0 Å². The molecule has 0 heterocycles. The van der Waals surface area contributed by atoms with Crippen molar-refractivity contribution in [2.24, 2.45) is 0 Å². The van der Waals surface area contributed by atoms with Crippen molar-refractivity contribution < 1.29 is 0 Å². The van der Waals surface area contributed by atoms with E-state index < -0.39 is 0 Å². The van der Waals surface area contributed by atoms with E-state index in [1.54, 1.807) is 0 Å². The van der Waals surface area contributed by atoms with E-state index in [0.29, 0.717) is 0 Å². The zero-order valence-corrected chi connectivity index (χ0v) is 9.15. The van der Waals surface area contributed by atoms with Crippen LogP contribution in [0.25, 0.3) is 0 Å². The summed E-state index contributed by atoms with van der Waals surface area (Å²) in [6, 6.07) is 9.76. The highest BCUT2D eigenvalue weighted by molar-refractivity contribution is 5.18. The summed E-state index contributed by atoms with van der Waals surface area (Å²) in [4.78, 5) is 0. The summed E-state index contributed by atoms with van der Waals surface area (Å²) in [5.74, 6) is 0. The Morgan fingerprint density at radius 1 is 1.00 bits per heavy atom. The Kier molecular flexibility index (Phi) is 11.4. The van der Waals surface area contributed by atoms with E-state index in [9.17, 15) is 0 Å². The molecule has 0 spiro atoms. The maximum atomic E-state index is 2.97. The molecule has 1 aromatic carbocycles. The highest BCUT2D eigenvalue weighted by Gasteiger charge is 1.82. The van der Waals surface area contributed by atoms with E-state index in [0.717, 1.165) is 0 Å². The van der Waals surface area contributed by atoms with Crippen LogP contribution in [-0.2, 0) is 0 Å². The van der Waals surface area contributed by atoms with Crippen molar-refractivity contribution in [1.29, 1.82) is 0 Å². The number of hydrogen-bond donors (Lipinski definition) is 0. The smallest absolute Gasteiger partial charge is 0.00222 e. The van der Waals surface area contributed by atoms with Crippen LogP contribution >= 0.6 is 0 Å². The van der Waals surface area contributed by atoms with Crippen LogP contribution in [0, 0.1) is 26.0 Å². The highest BCUT2D eigenvalue weighted by atomic mass is 13.9. The van der Waals surface area contributed by atoms with Gasteiger partial charge < -0.3 is 0 Å². The van der Waals surface area contributed by atoms with Crippen LogP contribution in [0.4, 0.5) is 0 Å². The molecule has 1 aromatic rings. The third kappa shape index (κ3) is 5.80. The van der Waals surface area contributed by atoms with Crippen molar-refractivity contribution >= 4 is 0 Å². The van der Waals surface area contributed by atoms with Crippen LogP contribution in [0.3, 0.4) is 0 Å². The van der Waals surface area contributed by atoms with Crippen molar-refractivity contribution in [2.75, 3.05) is 0 Å². The molecule has 68 valence electrons. The van der Waals surface area contributed by atoms with Crippen molar-refractivity contribution in [3.8, 4) is 0 Å². The Hall–Kier alpha value is -0.960. The zero-order valence-electron chi connectivity index (χ0n) is 9.15. The van der Waals surface area contributed by atoms with E-state index >= 15 is 0 Å². The van der Waals surface area contributed by atoms with E-state index in [-0.39, 0.29) is 0 Å². The maximum Gasteiger partial charge on any atom is 0.00222 e. The van der Waals surface area contributed by atoms with E-state index in [1.807, 2.05) is 46.8 Å². The lowest BCUT2D eigenvalue weighted by Gasteiger charge is -1.88. The summed E-state index contributed by atoms with van der Waals surface area (Å²) in [5.41, 5.74) is 2.47. The molecule has 0 bridgehead atoms. The molecule has 0 amide bonds. The number of rotatable bonds is 0. The van der Waals surface area contributed by atoms with Crippen LogP contribution in [0.2, 0.25) is 0 Å². The molecule has 0 atom stereocenters. The minimum Gasteiger partial charge on any atom is -0.0699 e. The SMILES string of the molecule is CC.CC.Cc1c#cccc1C. The third-order valence-electron chi connectivity index (χ3n) is 1.27. The van der Waals surface area contributed by atoms with Crippen molar-refractivity contribution in [1.82, 2.24) is 0 Å². The lowest BCUT2D eigenvalue weighted by molar-refractivity contribution is 1.35. The number of aryl methyl sites for hydroxylation is 1. The molecule has 0 N–H and O–H groups in total. The summed E-state index contributed by atoms with van der Waals surface area (Å²) < 4.78 is 0. The zero-order chi connectivity index (χ0) is 9.98. The molecule has 0 aliphatic carbocycles. The van der Waals surface area contributed by atoms with E-state index in [2.05, 4.69) is 19.1 Å². The molecular weight excluding hydrogens is 144 g/mol. The van der Waals surface area contributed by atoms with Crippen LogP contribution in [0.1, 0.15) is 38.8 Å². The van der Waals surface area contributed by atoms with Gasteiger partial charge in [0.1, 0.15) is 0 Å². The lowest BCUT2D eigenvalue weighted by Crippen LogP contribution is -1.72. The third-order valence-corrected chi connectivity index (χ3v) is 1.27. The normalized spacial score (nSPS) is 6.50. The maximum absolute atomic E-state index is 2.97. The average molecular weight is 164 g/mol. The van der Waals surface area contributed by atoms with Crippen molar-refractivity contribution in [3.63, 3.8) is 0 Å². The quantitative estimate of drug-likeness (QED) is 0.544. The molecule has 0 aliphatic rings. The first-order valence-corrected chi connectivity index (χ1v) is 4.66. The highest BCUT2D eigenvalue weighted by Crippen LogP contribution is 1.98. The molecule has 0 fully saturated rings. The first-order valence-electron chi connectivity index (χ1n) is 4.66. The van der Waals surface area contributed by atoms with Gasteiger partial charge in [0.25, 0.3) is 0 Å². The van der Waals surface area contributed by atoms with E-state index in [1.165, 1.54) is 11.1 Å². The fourth-order valence-electron chi connectivity index (χ4n) is 0.540. The van der Waals surface area contributed by atoms with Gasteiger partial charge in [-0.15, -0.1) is 0 Å². The topological polar surface area (TPSA) is 0 Å². The van der Waals surface area contributed by atoms with Crippen molar-refractivity contribution in [2.45, 2.75) is 41.5 Å². The van der Waals surface area contributed by atoms with Gasteiger partial charge in [0.15, 0.2) is 0 Å². The Labute approximate surface area is 77.6 Å². The lowest BCUT2D eigenvalue weighted by atomic mass is 10.2. The molecule has 0 aromatic heterocycles. The van der Waals surface area contributed by atoms with Crippen LogP contribution in [0.5, 0.6) is 0 Å². The molecule has 0 nitrogen and oxygen atoms in total. The monoisotopic (exact) mass is 164 g/mol.